The highest BCUT2D eigenvalue weighted by molar-refractivity contribution is 4.86. The summed E-state index contributed by atoms with van der Waals surface area (Å²) in [6.07, 6.45) is 1.13. The van der Waals surface area contributed by atoms with E-state index in [4.69, 9.17) is 4.74 Å². The lowest BCUT2D eigenvalue weighted by Crippen LogP contribution is -2.48. The van der Waals surface area contributed by atoms with Crippen LogP contribution >= 0.6 is 0 Å². The Balaban J connectivity index is 2.54. The molecule has 0 radical (unpaired) electrons. The van der Waals surface area contributed by atoms with Gasteiger partial charge in [-0.3, -0.25) is 0 Å². The molecule has 0 saturated carbocycles. The molecule has 1 saturated heterocycles. The van der Waals surface area contributed by atoms with E-state index in [1.807, 2.05) is 7.11 Å². The van der Waals surface area contributed by atoms with Crippen molar-refractivity contribution in [2.24, 2.45) is 5.92 Å². The number of hydrogen-bond acceptors (Lipinski definition) is 2. The summed E-state index contributed by atoms with van der Waals surface area (Å²) in [6, 6.07) is 0. The van der Waals surface area contributed by atoms with E-state index < -0.39 is 0 Å². The molecule has 0 spiro atoms. The lowest BCUT2D eigenvalue weighted by atomic mass is 9.85. The van der Waals surface area contributed by atoms with Crippen molar-refractivity contribution in [1.29, 1.82) is 0 Å². The summed E-state index contributed by atoms with van der Waals surface area (Å²) in [6.45, 7) is 6.60. The van der Waals surface area contributed by atoms with E-state index in [0.29, 0.717) is 5.92 Å². The van der Waals surface area contributed by atoms with E-state index in [1.165, 1.54) is 0 Å². The smallest absolute Gasteiger partial charge is 0.0700 e. The topological polar surface area (TPSA) is 21.3 Å². The predicted octanol–water partition coefficient (Wildman–Crippen LogP) is 1.02. The van der Waals surface area contributed by atoms with Crippen LogP contribution in [0, 0.1) is 5.92 Å². The van der Waals surface area contributed by atoms with Gasteiger partial charge < -0.3 is 10.1 Å². The molecule has 0 aromatic heterocycles. The summed E-state index contributed by atoms with van der Waals surface area (Å²) in [5, 5.41) is 3.34. The van der Waals surface area contributed by atoms with E-state index >= 15 is 0 Å². The minimum Gasteiger partial charge on any atom is -0.378 e. The van der Waals surface area contributed by atoms with Gasteiger partial charge >= 0.3 is 0 Å². The standard InChI is InChI=1S/C8H17NO/c1-7-6-9-5-4-8(7,2)10-3/h7,9H,4-6H2,1-3H3. The van der Waals surface area contributed by atoms with Crippen LogP contribution in [0.25, 0.3) is 0 Å². The highest BCUT2D eigenvalue weighted by atomic mass is 16.5. The molecule has 1 heterocycles. The maximum Gasteiger partial charge on any atom is 0.0700 e. The molecule has 0 aliphatic carbocycles. The molecule has 1 N–H and O–H groups in total. The first-order chi connectivity index (χ1) is 4.69. The fraction of sp³-hybridized carbons (Fsp3) is 1.00. The SMILES string of the molecule is COC1(C)CCNCC1C. The van der Waals surface area contributed by atoms with Crippen LogP contribution < -0.4 is 5.32 Å². The molecule has 0 amide bonds. The highest BCUT2D eigenvalue weighted by Gasteiger charge is 2.32. The molecule has 0 aromatic carbocycles. The van der Waals surface area contributed by atoms with E-state index in [0.717, 1.165) is 19.5 Å². The van der Waals surface area contributed by atoms with Crippen LogP contribution in [0.3, 0.4) is 0 Å². The molecule has 0 aromatic rings. The summed E-state index contributed by atoms with van der Waals surface area (Å²) in [4.78, 5) is 0. The average Bonchev–Trinajstić information content (AvgIpc) is 1.96. The van der Waals surface area contributed by atoms with E-state index in [-0.39, 0.29) is 5.60 Å². The third-order valence-electron chi connectivity index (χ3n) is 2.76. The fourth-order valence-electron chi connectivity index (χ4n) is 1.42. The van der Waals surface area contributed by atoms with E-state index in [9.17, 15) is 0 Å². The van der Waals surface area contributed by atoms with Gasteiger partial charge in [0, 0.05) is 13.7 Å². The van der Waals surface area contributed by atoms with Crippen molar-refractivity contribution in [3.05, 3.63) is 0 Å². The maximum atomic E-state index is 5.45. The lowest BCUT2D eigenvalue weighted by Gasteiger charge is -2.38. The Hall–Kier alpha value is -0.0800. The zero-order valence-corrected chi connectivity index (χ0v) is 7.11. The van der Waals surface area contributed by atoms with Gasteiger partial charge in [-0.05, 0) is 25.8 Å². The van der Waals surface area contributed by atoms with Crippen molar-refractivity contribution in [2.45, 2.75) is 25.9 Å². The van der Waals surface area contributed by atoms with E-state index in [2.05, 4.69) is 19.2 Å². The van der Waals surface area contributed by atoms with Gasteiger partial charge in [0.25, 0.3) is 0 Å². The second-order valence-electron chi connectivity index (χ2n) is 3.37. The molecule has 1 aliphatic heterocycles. The molecule has 1 aliphatic rings. The number of methoxy groups -OCH3 is 1. The number of rotatable bonds is 1. The van der Waals surface area contributed by atoms with Crippen molar-refractivity contribution >= 4 is 0 Å². The van der Waals surface area contributed by atoms with Crippen LogP contribution in [-0.4, -0.2) is 25.8 Å². The second kappa shape index (κ2) is 2.89. The summed E-state index contributed by atoms with van der Waals surface area (Å²) in [5.74, 6) is 0.631. The van der Waals surface area contributed by atoms with Crippen molar-refractivity contribution in [3.63, 3.8) is 0 Å². The Labute approximate surface area is 63.0 Å². The molecule has 2 atom stereocenters. The van der Waals surface area contributed by atoms with Crippen molar-refractivity contribution in [1.82, 2.24) is 5.32 Å². The quantitative estimate of drug-likeness (QED) is 0.591. The van der Waals surface area contributed by atoms with E-state index in [1.54, 1.807) is 0 Å². The van der Waals surface area contributed by atoms with Gasteiger partial charge in [-0.2, -0.15) is 0 Å². The van der Waals surface area contributed by atoms with Crippen molar-refractivity contribution < 1.29 is 4.74 Å². The van der Waals surface area contributed by atoms with Gasteiger partial charge in [-0.1, -0.05) is 6.92 Å². The Morgan fingerprint density at radius 3 is 2.70 bits per heavy atom. The molecular formula is C8H17NO. The highest BCUT2D eigenvalue weighted by Crippen LogP contribution is 2.26. The fourth-order valence-corrected chi connectivity index (χ4v) is 1.42. The van der Waals surface area contributed by atoms with Gasteiger partial charge in [-0.15, -0.1) is 0 Å². The Morgan fingerprint density at radius 1 is 1.60 bits per heavy atom. The van der Waals surface area contributed by atoms with Gasteiger partial charge in [0.1, 0.15) is 0 Å². The summed E-state index contributed by atoms with van der Waals surface area (Å²) < 4.78 is 5.45. The first-order valence-electron chi connectivity index (χ1n) is 3.95. The number of piperidine rings is 1. The normalized spacial score (nSPS) is 41.7. The Kier molecular flexibility index (Phi) is 2.32. The number of nitrogens with one attached hydrogen (secondary N) is 1. The van der Waals surface area contributed by atoms with Gasteiger partial charge in [0.2, 0.25) is 0 Å². The minimum absolute atomic E-state index is 0.116. The largest absolute Gasteiger partial charge is 0.378 e. The van der Waals surface area contributed by atoms with Crippen LogP contribution in [0.15, 0.2) is 0 Å². The molecule has 1 rings (SSSR count). The molecule has 2 heteroatoms. The second-order valence-corrected chi connectivity index (χ2v) is 3.37. The molecule has 10 heavy (non-hydrogen) atoms. The number of hydrogen-bond donors (Lipinski definition) is 1. The van der Waals surface area contributed by atoms with Crippen LogP contribution in [0.4, 0.5) is 0 Å². The molecule has 2 unspecified atom stereocenters. The lowest BCUT2D eigenvalue weighted by molar-refractivity contribution is -0.0554. The first kappa shape index (κ1) is 8.02. The molecule has 0 bridgehead atoms. The zero-order chi connectivity index (χ0) is 7.61. The van der Waals surface area contributed by atoms with Gasteiger partial charge in [-0.25, -0.2) is 0 Å². The van der Waals surface area contributed by atoms with Crippen LogP contribution in [0.1, 0.15) is 20.3 Å². The Bertz CT molecular complexity index is 116. The predicted molar refractivity (Wildman–Crippen MR) is 42.1 cm³/mol. The monoisotopic (exact) mass is 143 g/mol. The molecule has 1 fully saturated rings. The first-order valence-corrected chi connectivity index (χ1v) is 3.95. The average molecular weight is 143 g/mol. The van der Waals surface area contributed by atoms with Gasteiger partial charge in [0.05, 0.1) is 5.60 Å². The zero-order valence-electron chi connectivity index (χ0n) is 7.11. The molecule has 2 nitrogen and oxygen atoms in total. The third kappa shape index (κ3) is 1.32. The molecule has 60 valence electrons. The maximum absolute atomic E-state index is 5.45. The summed E-state index contributed by atoms with van der Waals surface area (Å²) in [7, 11) is 1.81. The summed E-state index contributed by atoms with van der Waals surface area (Å²) >= 11 is 0. The van der Waals surface area contributed by atoms with Crippen molar-refractivity contribution in [2.75, 3.05) is 20.2 Å². The minimum atomic E-state index is 0.116. The van der Waals surface area contributed by atoms with Gasteiger partial charge in [0.15, 0.2) is 0 Å². The van der Waals surface area contributed by atoms with Crippen LogP contribution in [0.2, 0.25) is 0 Å². The molecular weight excluding hydrogens is 126 g/mol. The van der Waals surface area contributed by atoms with Crippen molar-refractivity contribution in [3.8, 4) is 0 Å². The van der Waals surface area contributed by atoms with Crippen LogP contribution in [0.5, 0.6) is 0 Å². The summed E-state index contributed by atoms with van der Waals surface area (Å²) in [5.41, 5.74) is 0.116. The number of ether oxygens (including phenoxy) is 1. The van der Waals surface area contributed by atoms with Crippen LogP contribution in [-0.2, 0) is 4.74 Å². The third-order valence-corrected chi connectivity index (χ3v) is 2.76. The Morgan fingerprint density at radius 2 is 2.30 bits per heavy atom.